The molecule has 0 unspecified atom stereocenters. The molecule has 0 saturated carbocycles. The minimum Gasteiger partial charge on any atom is -0.387 e. The lowest BCUT2D eigenvalue weighted by molar-refractivity contribution is -0.110. The van der Waals surface area contributed by atoms with Crippen molar-refractivity contribution in [2.45, 2.75) is 12.5 Å². The van der Waals surface area contributed by atoms with Gasteiger partial charge in [-0.15, -0.1) is 0 Å². The highest BCUT2D eigenvalue weighted by atomic mass is 16.6. The van der Waals surface area contributed by atoms with Crippen LogP contribution in [0.2, 0.25) is 0 Å². The second-order valence-electron chi connectivity index (χ2n) is 5.49. The van der Waals surface area contributed by atoms with Gasteiger partial charge in [0, 0.05) is 24.8 Å². The third kappa shape index (κ3) is 4.14. The zero-order valence-electron chi connectivity index (χ0n) is 13.7. The average molecular weight is 338 g/mol. The van der Waals surface area contributed by atoms with E-state index < -0.39 is 0 Å². The number of hydrogen-bond acceptors (Lipinski definition) is 4. The van der Waals surface area contributed by atoms with Gasteiger partial charge in [0.15, 0.2) is 6.10 Å². The maximum atomic E-state index is 12.4. The number of anilines is 2. The number of benzene rings is 2. The molecule has 0 bridgehead atoms. The highest BCUT2D eigenvalue weighted by Crippen LogP contribution is 2.27. The molecule has 0 aliphatic carbocycles. The van der Waals surface area contributed by atoms with Crippen LogP contribution in [0.5, 0.6) is 0 Å². The maximum Gasteiger partial charge on any atom is 0.318 e. The van der Waals surface area contributed by atoms with Gasteiger partial charge in [-0.3, -0.25) is 4.79 Å². The van der Waals surface area contributed by atoms with Crippen LogP contribution in [0, 0.1) is 0 Å². The molecule has 0 fully saturated rings. The number of nitrogens with zero attached hydrogens (tertiary/aromatic N) is 1. The van der Waals surface area contributed by atoms with Gasteiger partial charge < -0.3 is 20.8 Å². The van der Waals surface area contributed by atoms with Crippen molar-refractivity contribution < 1.29 is 14.4 Å². The fraction of sp³-hybridized carbons (Fsp3) is 0.167. The number of carbonyl (C=O) groups excluding carboxylic acids is 2. The summed E-state index contributed by atoms with van der Waals surface area (Å²) in [6.07, 6.45) is 0.162. The van der Waals surface area contributed by atoms with Crippen LogP contribution in [0.4, 0.5) is 16.2 Å². The van der Waals surface area contributed by atoms with Crippen LogP contribution >= 0.6 is 0 Å². The van der Waals surface area contributed by atoms with E-state index in [0.29, 0.717) is 23.5 Å². The number of urea groups is 1. The molecule has 2 aromatic carbocycles. The lowest BCUT2D eigenvalue weighted by atomic mass is 10.0. The van der Waals surface area contributed by atoms with E-state index in [1.807, 2.05) is 30.3 Å². The molecule has 1 heterocycles. The first kappa shape index (κ1) is 16.5. The van der Waals surface area contributed by atoms with Gasteiger partial charge in [0.1, 0.15) is 5.71 Å². The van der Waals surface area contributed by atoms with E-state index in [4.69, 9.17) is 4.84 Å². The van der Waals surface area contributed by atoms with Gasteiger partial charge in [-0.25, -0.2) is 4.79 Å². The third-order valence-electron chi connectivity index (χ3n) is 3.71. The fourth-order valence-electron chi connectivity index (χ4n) is 2.43. The Kier molecular flexibility index (Phi) is 4.94. The van der Waals surface area contributed by atoms with Gasteiger partial charge >= 0.3 is 6.03 Å². The molecule has 0 saturated heterocycles. The van der Waals surface area contributed by atoms with Gasteiger partial charge in [0.25, 0.3) is 5.91 Å². The molecular formula is C18H18N4O3. The Morgan fingerprint density at radius 1 is 1.04 bits per heavy atom. The minimum atomic E-state index is -0.331. The van der Waals surface area contributed by atoms with Crippen LogP contribution in [0.25, 0.3) is 0 Å². The quantitative estimate of drug-likeness (QED) is 0.800. The summed E-state index contributed by atoms with van der Waals surface area (Å²) >= 11 is 0. The highest BCUT2D eigenvalue weighted by molar-refractivity contribution is 6.43. The molecule has 1 aliphatic rings. The van der Waals surface area contributed by atoms with Gasteiger partial charge in [-0.2, -0.15) is 0 Å². The Morgan fingerprint density at radius 3 is 2.48 bits per heavy atom. The topological polar surface area (TPSA) is 91.8 Å². The molecule has 1 aliphatic heterocycles. The monoisotopic (exact) mass is 338 g/mol. The molecule has 3 rings (SSSR count). The van der Waals surface area contributed by atoms with E-state index in [-0.39, 0.29) is 18.0 Å². The largest absolute Gasteiger partial charge is 0.387 e. The number of hydrogen-bond donors (Lipinski definition) is 3. The lowest BCUT2D eigenvalue weighted by Gasteiger charge is -2.09. The molecule has 0 spiro atoms. The average Bonchev–Trinajstić information content (AvgIpc) is 3.13. The Balaban J connectivity index is 1.61. The molecule has 0 aromatic heterocycles. The first-order valence-electron chi connectivity index (χ1n) is 7.83. The van der Waals surface area contributed by atoms with Crippen molar-refractivity contribution >= 4 is 29.0 Å². The summed E-state index contributed by atoms with van der Waals surface area (Å²) in [6.45, 7) is 0. The normalized spacial score (nSPS) is 15.7. The molecule has 128 valence electrons. The van der Waals surface area contributed by atoms with Gasteiger partial charge in [-0.1, -0.05) is 41.6 Å². The van der Waals surface area contributed by atoms with E-state index in [1.54, 1.807) is 24.3 Å². The van der Waals surface area contributed by atoms with Crippen LogP contribution in [-0.2, 0) is 9.63 Å². The van der Waals surface area contributed by atoms with Crippen LogP contribution in [-0.4, -0.2) is 24.7 Å². The molecule has 0 radical (unpaired) electrons. The minimum absolute atomic E-state index is 0.247. The van der Waals surface area contributed by atoms with E-state index in [1.165, 1.54) is 7.05 Å². The summed E-state index contributed by atoms with van der Waals surface area (Å²) in [5.41, 5.74) is 2.44. The van der Waals surface area contributed by atoms with E-state index in [9.17, 15) is 9.59 Å². The van der Waals surface area contributed by atoms with Crippen LogP contribution < -0.4 is 16.0 Å². The maximum absolute atomic E-state index is 12.4. The molecule has 25 heavy (non-hydrogen) atoms. The first-order chi connectivity index (χ1) is 12.2. The van der Waals surface area contributed by atoms with Gasteiger partial charge in [0.2, 0.25) is 0 Å². The Labute approximate surface area is 145 Å². The molecule has 7 heteroatoms. The molecule has 7 nitrogen and oxygen atoms in total. The number of oxime groups is 1. The van der Waals surface area contributed by atoms with Crippen molar-refractivity contribution in [2.75, 3.05) is 17.7 Å². The number of rotatable bonds is 4. The number of carbonyl (C=O) groups is 2. The summed E-state index contributed by atoms with van der Waals surface area (Å²) < 4.78 is 0. The summed E-state index contributed by atoms with van der Waals surface area (Å²) in [4.78, 5) is 29.1. The zero-order valence-corrected chi connectivity index (χ0v) is 13.7. The van der Waals surface area contributed by atoms with Crippen molar-refractivity contribution in [1.82, 2.24) is 5.32 Å². The van der Waals surface area contributed by atoms with Crippen LogP contribution in [0.3, 0.4) is 0 Å². The number of nitrogens with one attached hydrogen (secondary N) is 3. The van der Waals surface area contributed by atoms with Crippen molar-refractivity contribution in [2.24, 2.45) is 5.16 Å². The Morgan fingerprint density at radius 2 is 1.76 bits per heavy atom. The van der Waals surface area contributed by atoms with Crippen molar-refractivity contribution in [3.63, 3.8) is 0 Å². The van der Waals surface area contributed by atoms with Gasteiger partial charge in [-0.05, 0) is 23.8 Å². The summed E-state index contributed by atoms with van der Waals surface area (Å²) in [5, 5.41) is 11.8. The second-order valence-corrected chi connectivity index (χ2v) is 5.49. The highest BCUT2D eigenvalue weighted by Gasteiger charge is 2.27. The fourth-order valence-corrected chi connectivity index (χ4v) is 2.43. The Hall–Kier alpha value is -3.35. The summed E-state index contributed by atoms with van der Waals surface area (Å²) in [7, 11) is 1.53. The van der Waals surface area contributed by atoms with Crippen molar-refractivity contribution in [1.29, 1.82) is 0 Å². The predicted octanol–water partition coefficient (Wildman–Crippen LogP) is 2.89. The molecule has 3 amide bonds. The SMILES string of the molecule is CNC(=O)Nc1cccc(NC(=O)C2=NO[C@@H](c3ccccc3)C2)c1. The second kappa shape index (κ2) is 7.48. The molecule has 3 N–H and O–H groups in total. The summed E-state index contributed by atoms with van der Waals surface area (Å²) in [5.74, 6) is -0.324. The third-order valence-corrected chi connectivity index (χ3v) is 3.71. The lowest BCUT2D eigenvalue weighted by Crippen LogP contribution is -2.25. The first-order valence-corrected chi connectivity index (χ1v) is 7.83. The standard InChI is InChI=1S/C18H18N4O3/c1-19-18(24)21-14-9-5-8-13(10-14)20-17(23)15-11-16(25-22-15)12-6-3-2-4-7-12/h2-10,16H,11H2,1H3,(H,20,23)(H2,19,21,24)/t16-/m1/s1. The summed E-state index contributed by atoms with van der Waals surface area (Å²) in [6, 6.07) is 16.2. The molecular weight excluding hydrogens is 320 g/mol. The number of amides is 3. The van der Waals surface area contributed by atoms with Gasteiger partial charge in [0.05, 0.1) is 0 Å². The zero-order chi connectivity index (χ0) is 17.6. The molecule has 2 aromatic rings. The van der Waals surface area contributed by atoms with Crippen molar-refractivity contribution in [3.05, 3.63) is 60.2 Å². The molecule has 1 atom stereocenters. The van der Waals surface area contributed by atoms with E-state index >= 15 is 0 Å². The van der Waals surface area contributed by atoms with Crippen LogP contribution in [0.1, 0.15) is 18.1 Å². The van der Waals surface area contributed by atoms with E-state index in [0.717, 1.165) is 5.56 Å². The van der Waals surface area contributed by atoms with E-state index in [2.05, 4.69) is 21.1 Å². The predicted molar refractivity (Wildman–Crippen MR) is 95.5 cm³/mol. The van der Waals surface area contributed by atoms with Crippen molar-refractivity contribution in [3.8, 4) is 0 Å². The Bertz CT molecular complexity index is 805. The smallest absolute Gasteiger partial charge is 0.318 e. The van der Waals surface area contributed by atoms with Crippen LogP contribution in [0.15, 0.2) is 59.8 Å².